The Morgan fingerprint density at radius 1 is 1.05 bits per heavy atom. The lowest BCUT2D eigenvalue weighted by molar-refractivity contribution is 0.299. The van der Waals surface area contributed by atoms with Crippen molar-refractivity contribution in [3.63, 3.8) is 0 Å². The largest absolute Gasteiger partial charge is 0.432 e. The van der Waals surface area contributed by atoms with E-state index < -0.39 is 0 Å². The molecule has 0 saturated carbocycles. The topological polar surface area (TPSA) is 41.5 Å². The summed E-state index contributed by atoms with van der Waals surface area (Å²) in [6.45, 7) is 0.155. The van der Waals surface area contributed by atoms with E-state index in [0.29, 0.717) is 17.3 Å². The molecule has 0 bridgehead atoms. The Morgan fingerprint density at radius 2 is 1.74 bits per heavy atom. The van der Waals surface area contributed by atoms with Crippen LogP contribution in [0.3, 0.4) is 0 Å². The first kappa shape index (κ1) is 13.5. The Morgan fingerprint density at radius 3 is 2.37 bits per heavy atom. The van der Waals surface area contributed by atoms with Crippen LogP contribution in [-0.2, 0) is 6.42 Å². The second kappa shape index (κ2) is 6.87. The zero-order chi connectivity index (χ0) is 13.5. The highest BCUT2D eigenvalue weighted by Gasteiger charge is 2.00. The second-order valence-electron chi connectivity index (χ2n) is 4.00. The second-order valence-corrected chi connectivity index (χ2v) is 4.37. The van der Waals surface area contributed by atoms with Gasteiger partial charge in [0, 0.05) is 12.3 Å². The lowest BCUT2D eigenvalue weighted by Crippen LogP contribution is -2.16. The quantitative estimate of drug-likeness (QED) is 0.840. The van der Waals surface area contributed by atoms with Gasteiger partial charge in [-0.05, 0) is 48.5 Å². The van der Waals surface area contributed by atoms with Gasteiger partial charge < -0.3 is 15.2 Å². The monoisotopic (exact) mass is 273 g/mol. The molecule has 3 nitrogen and oxygen atoms in total. The van der Waals surface area contributed by atoms with Crippen LogP contribution in [-0.4, -0.2) is 16.9 Å². The predicted octanol–water partition coefficient (Wildman–Crippen LogP) is 3.00. The van der Waals surface area contributed by atoms with Gasteiger partial charge in [-0.1, -0.05) is 30.3 Å². The molecule has 2 rings (SSSR count). The number of hydrogen-bond donors (Lipinski definition) is 2. The van der Waals surface area contributed by atoms with Crippen molar-refractivity contribution in [3.05, 3.63) is 60.2 Å². The van der Waals surface area contributed by atoms with Crippen molar-refractivity contribution in [2.75, 3.05) is 11.9 Å². The summed E-state index contributed by atoms with van der Waals surface area (Å²) in [5.41, 5.74) is 1.95. The maximum atomic E-state index is 8.84. The van der Waals surface area contributed by atoms with Gasteiger partial charge in [-0.15, -0.1) is 0 Å². The summed E-state index contributed by atoms with van der Waals surface area (Å²) in [7, 11) is 0. The van der Waals surface area contributed by atoms with Crippen LogP contribution in [0.4, 0.5) is 5.69 Å². The number of rotatable bonds is 4. The van der Waals surface area contributed by atoms with E-state index in [1.807, 2.05) is 54.6 Å². The number of nitrogens with one attached hydrogen (secondary N) is 1. The number of aliphatic hydroxyl groups is 1. The lowest BCUT2D eigenvalue weighted by Gasteiger charge is -2.09. The molecule has 0 spiro atoms. The van der Waals surface area contributed by atoms with Gasteiger partial charge in [0.15, 0.2) is 0 Å². The molecule has 0 unspecified atom stereocenters. The number of thiocarbonyl (C=S) groups is 1. The van der Waals surface area contributed by atoms with Crippen LogP contribution in [0.5, 0.6) is 5.75 Å². The summed E-state index contributed by atoms with van der Waals surface area (Å²) >= 11 is 5.13. The summed E-state index contributed by atoms with van der Waals surface area (Å²) in [4.78, 5) is 0. The lowest BCUT2D eigenvalue weighted by atomic mass is 10.1. The minimum absolute atomic E-state index is 0.155. The van der Waals surface area contributed by atoms with E-state index in [2.05, 4.69) is 5.32 Å². The van der Waals surface area contributed by atoms with E-state index >= 15 is 0 Å². The number of para-hydroxylation sites is 1. The molecule has 0 heterocycles. The summed E-state index contributed by atoms with van der Waals surface area (Å²) in [5, 5.41) is 12.2. The molecule has 0 radical (unpaired) electrons. The van der Waals surface area contributed by atoms with Gasteiger partial charge in [0.25, 0.3) is 5.17 Å². The Kier molecular flexibility index (Phi) is 4.89. The van der Waals surface area contributed by atoms with E-state index in [4.69, 9.17) is 22.1 Å². The van der Waals surface area contributed by atoms with Crippen LogP contribution in [0.2, 0.25) is 0 Å². The van der Waals surface area contributed by atoms with Gasteiger partial charge in [0.1, 0.15) is 5.75 Å². The number of anilines is 1. The molecule has 98 valence electrons. The number of hydrogen-bond acceptors (Lipinski definition) is 3. The van der Waals surface area contributed by atoms with Crippen molar-refractivity contribution in [3.8, 4) is 5.75 Å². The van der Waals surface area contributed by atoms with E-state index in [1.54, 1.807) is 0 Å². The zero-order valence-electron chi connectivity index (χ0n) is 10.4. The van der Waals surface area contributed by atoms with Gasteiger partial charge in [-0.3, -0.25) is 0 Å². The molecule has 0 atom stereocenters. The van der Waals surface area contributed by atoms with Crippen molar-refractivity contribution in [2.45, 2.75) is 6.42 Å². The maximum Gasteiger partial charge on any atom is 0.266 e. The number of aliphatic hydroxyl groups excluding tert-OH is 1. The molecule has 0 saturated heterocycles. The highest BCUT2D eigenvalue weighted by Crippen LogP contribution is 2.13. The molecule has 2 N–H and O–H groups in total. The fourth-order valence-electron chi connectivity index (χ4n) is 1.62. The summed E-state index contributed by atoms with van der Waals surface area (Å²) < 4.78 is 5.48. The van der Waals surface area contributed by atoms with Gasteiger partial charge in [0.05, 0.1) is 0 Å². The third kappa shape index (κ3) is 4.35. The standard InChI is InChI=1S/C15H15NO2S/c17-11-10-12-6-8-13(9-7-12)16-15(19)18-14-4-2-1-3-5-14/h1-9,17H,10-11H2,(H,16,19). The first-order valence-corrected chi connectivity index (χ1v) is 6.42. The predicted molar refractivity (Wildman–Crippen MR) is 80.5 cm³/mol. The summed E-state index contributed by atoms with van der Waals surface area (Å²) in [6, 6.07) is 17.1. The Bertz CT molecular complexity index is 526. The SMILES string of the molecule is OCCc1ccc(NC(=S)Oc2ccccc2)cc1. The highest BCUT2D eigenvalue weighted by atomic mass is 32.1. The van der Waals surface area contributed by atoms with E-state index in [9.17, 15) is 0 Å². The Hall–Kier alpha value is -1.91. The molecule has 2 aromatic carbocycles. The molecular weight excluding hydrogens is 258 g/mol. The molecule has 4 heteroatoms. The molecule has 0 fully saturated rings. The molecule has 0 amide bonds. The highest BCUT2D eigenvalue weighted by molar-refractivity contribution is 7.80. The fourth-order valence-corrected chi connectivity index (χ4v) is 1.84. The smallest absolute Gasteiger partial charge is 0.266 e. The van der Waals surface area contributed by atoms with Crippen molar-refractivity contribution in [2.24, 2.45) is 0 Å². The maximum absolute atomic E-state index is 8.84. The van der Waals surface area contributed by atoms with Crippen molar-refractivity contribution < 1.29 is 9.84 Å². The zero-order valence-corrected chi connectivity index (χ0v) is 11.2. The van der Waals surface area contributed by atoms with Crippen LogP contribution in [0.1, 0.15) is 5.56 Å². The molecular formula is C15H15NO2S. The minimum Gasteiger partial charge on any atom is -0.432 e. The molecule has 0 aliphatic carbocycles. The van der Waals surface area contributed by atoms with Crippen LogP contribution in [0.25, 0.3) is 0 Å². The summed E-state index contributed by atoms with van der Waals surface area (Å²) in [5.74, 6) is 0.705. The first-order chi connectivity index (χ1) is 9.28. The summed E-state index contributed by atoms with van der Waals surface area (Å²) in [6.07, 6.45) is 0.658. The van der Waals surface area contributed by atoms with Crippen LogP contribution < -0.4 is 10.1 Å². The van der Waals surface area contributed by atoms with Crippen LogP contribution >= 0.6 is 12.2 Å². The van der Waals surface area contributed by atoms with Crippen LogP contribution in [0.15, 0.2) is 54.6 Å². The van der Waals surface area contributed by atoms with Gasteiger partial charge >= 0.3 is 0 Å². The normalized spacial score (nSPS) is 9.95. The molecule has 0 aromatic heterocycles. The first-order valence-electron chi connectivity index (χ1n) is 6.01. The van der Waals surface area contributed by atoms with Crippen LogP contribution in [0, 0.1) is 0 Å². The third-order valence-corrected chi connectivity index (χ3v) is 2.74. The molecule has 19 heavy (non-hydrogen) atoms. The molecule has 2 aromatic rings. The van der Waals surface area contributed by atoms with E-state index in [0.717, 1.165) is 11.3 Å². The van der Waals surface area contributed by atoms with Crippen molar-refractivity contribution in [1.29, 1.82) is 0 Å². The fraction of sp³-hybridized carbons (Fsp3) is 0.133. The Balaban J connectivity index is 1.91. The number of ether oxygens (including phenoxy) is 1. The minimum atomic E-state index is 0.155. The van der Waals surface area contributed by atoms with E-state index in [1.165, 1.54) is 0 Å². The van der Waals surface area contributed by atoms with Crippen molar-refractivity contribution >= 4 is 23.1 Å². The molecule has 0 aliphatic rings. The van der Waals surface area contributed by atoms with Crippen molar-refractivity contribution in [1.82, 2.24) is 0 Å². The number of benzene rings is 2. The van der Waals surface area contributed by atoms with E-state index in [-0.39, 0.29) is 6.61 Å². The van der Waals surface area contributed by atoms with Gasteiger partial charge in [-0.2, -0.15) is 0 Å². The molecule has 0 aliphatic heterocycles. The average molecular weight is 273 g/mol. The third-order valence-electron chi connectivity index (χ3n) is 2.55. The average Bonchev–Trinajstić information content (AvgIpc) is 2.42. The Labute approximate surface area is 117 Å². The van der Waals surface area contributed by atoms with Gasteiger partial charge in [0.2, 0.25) is 0 Å². The van der Waals surface area contributed by atoms with Gasteiger partial charge in [-0.25, -0.2) is 0 Å².